The van der Waals surface area contributed by atoms with E-state index >= 15 is 0 Å². The predicted molar refractivity (Wildman–Crippen MR) is 86.5 cm³/mol. The van der Waals surface area contributed by atoms with Gasteiger partial charge in [0.05, 0.1) is 10.2 Å². The largest absolute Gasteiger partial charge is 0.383 e. The van der Waals surface area contributed by atoms with Gasteiger partial charge in [-0.25, -0.2) is 9.97 Å². The second-order valence-electron chi connectivity index (χ2n) is 4.57. The smallest absolute Gasteiger partial charge is 0.162 e. The van der Waals surface area contributed by atoms with Crippen molar-refractivity contribution in [2.45, 2.75) is 13.3 Å². The summed E-state index contributed by atoms with van der Waals surface area (Å²) >= 11 is 3.45. The van der Waals surface area contributed by atoms with Crippen LogP contribution in [0.4, 0.5) is 5.82 Å². The summed E-state index contributed by atoms with van der Waals surface area (Å²) in [5.74, 6) is 1.17. The standard InChI is InChI=1S/C16H14BrN3/c1-2-13-14(17)15(18)20-16(19-13)12-9-5-7-10-6-3-4-8-11(10)12/h3-9H,2H2,1H3,(H2,18,19,20). The van der Waals surface area contributed by atoms with Gasteiger partial charge in [-0.05, 0) is 33.1 Å². The van der Waals surface area contributed by atoms with E-state index in [0.29, 0.717) is 11.6 Å². The molecule has 0 saturated heterocycles. The van der Waals surface area contributed by atoms with Crippen LogP contribution in [-0.2, 0) is 6.42 Å². The van der Waals surface area contributed by atoms with Crippen LogP contribution in [0.15, 0.2) is 46.9 Å². The number of nitrogens with two attached hydrogens (primary N) is 1. The van der Waals surface area contributed by atoms with E-state index in [1.807, 2.05) is 24.3 Å². The van der Waals surface area contributed by atoms with E-state index in [1.54, 1.807) is 0 Å². The highest BCUT2D eigenvalue weighted by molar-refractivity contribution is 9.10. The highest BCUT2D eigenvalue weighted by atomic mass is 79.9. The summed E-state index contributed by atoms with van der Waals surface area (Å²) in [5, 5.41) is 2.31. The van der Waals surface area contributed by atoms with Crippen LogP contribution in [0.1, 0.15) is 12.6 Å². The number of anilines is 1. The fourth-order valence-electron chi connectivity index (χ4n) is 2.29. The molecule has 3 aromatic rings. The lowest BCUT2D eigenvalue weighted by atomic mass is 10.0. The van der Waals surface area contributed by atoms with Crippen molar-refractivity contribution in [3.05, 3.63) is 52.6 Å². The summed E-state index contributed by atoms with van der Waals surface area (Å²) in [6, 6.07) is 14.4. The van der Waals surface area contributed by atoms with Gasteiger partial charge in [0.2, 0.25) is 0 Å². The maximum absolute atomic E-state index is 5.98. The van der Waals surface area contributed by atoms with Crippen molar-refractivity contribution in [3.63, 3.8) is 0 Å². The molecule has 2 N–H and O–H groups in total. The van der Waals surface area contributed by atoms with Gasteiger partial charge < -0.3 is 5.73 Å². The number of nitrogen functional groups attached to an aromatic ring is 1. The average molecular weight is 328 g/mol. The molecule has 3 nitrogen and oxygen atoms in total. The van der Waals surface area contributed by atoms with Crippen molar-refractivity contribution in [3.8, 4) is 11.4 Å². The van der Waals surface area contributed by atoms with E-state index in [1.165, 1.54) is 5.39 Å². The quantitative estimate of drug-likeness (QED) is 0.767. The number of hydrogen-bond acceptors (Lipinski definition) is 3. The molecule has 100 valence electrons. The fourth-order valence-corrected chi connectivity index (χ4v) is 2.75. The summed E-state index contributed by atoms with van der Waals surface area (Å²) in [6.45, 7) is 2.05. The Hall–Kier alpha value is -1.94. The highest BCUT2D eigenvalue weighted by Gasteiger charge is 2.12. The second-order valence-corrected chi connectivity index (χ2v) is 5.37. The molecule has 0 atom stereocenters. The molecule has 0 aliphatic carbocycles. The van der Waals surface area contributed by atoms with Crippen molar-refractivity contribution in [1.82, 2.24) is 9.97 Å². The number of aromatic nitrogens is 2. The molecule has 0 fully saturated rings. The van der Waals surface area contributed by atoms with E-state index in [4.69, 9.17) is 5.73 Å². The molecule has 20 heavy (non-hydrogen) atoms. The van der Waals surface area contributed by atoms with Crippen molar-refractivity contribution < 1.29 is 0 Å². The van der Waals surface area contributed by atoms with Crippen LogP contribution in [-0.4, -0.2) is 9.97 Å². The summed E-state index contributed by atoms with van der Waals surface area (Å²) < 4.78 is 0.795. The molecule has 0 spiro atoms. The SMILES string of the molecule is CCc1nc(-c2cccc3ccccc23)nc(N)c1Br. The first-order valence-electron chi connectivity index (χ1n) is 6.50. The molecular formula is C16H14BrN3. The maximum atomic E-state index is 5.98. The minimum Gasteiger partial charge on any atom is -0.383 e. The van der Waals surface area contributed by atoms with Gasteiger partial charge in [0.15, 0.2) is 5.82 Å². The number of rotatable bonds is 2. The lowest BCUT2D eigenvalue weighted by Crippen LogP contribution is -2.02. The van der Waals surface area contributed by atoms with Gasteiger partial charge in [0.1, 0.15) is 5.82 Å². The van der Waals surface area contributed by atoms with E-state index in [-0.39, 0.29) is 0 Å². The number of aryl methyl sites for hydroxylation is 1. The first-order chi connectivity index (χ1) is 9.70. The fraction of sp³-hybridized carbons (Fsp3) is 0.125. The predicted octanol–water partition coefficient (Wildman–Crippen LogP) is 4.20. The molecule has 0 aliphatic rings. The van der Waals surface area contributed by atoms with E-state index in [0.717, 1.165) is 27.5 Å². The van der Waals surface area contributed by atoms with Crippen LogP contribution < -0.4 is 5.73 Å². The Morgan fingerprint density at radius 2 is 1.80 bits per heavy atom. The zero-order valence-electron chi connectivity index (χ0n) is 11.1. The molecule has 3 rings (SSSR count). The molecule has 0 unspecified atom stereocenters. The van der Waals surface area contributed by atoms with Crippen molar-refractivity contribution in [2.75, 3.05) is 5.73 Å². The Morgan fingerprint density at radius 3 is 2.60 bits per heavy atom. The van der Waals surface area contributed by atoms with Crippen molar-refractivity contribution in [1.29, 1.82) is 0 Å². The van der Waals surface area contributed by atoms with Crippen LogP contribution in [0.2, 0.25) is 0 Å². The minimum absolute atomic E-state index is 0.486. The zero-order valence-corrected chi connectivity index (χ0v) is 12.7. The molecule has 2 aromatic carbocycles. The van der Waals surface area contributed by atoms with Crippen LogP contribution in [0.5, 0.6) is 0 Å². The van der Waals surface area contributed by atoms with Crippen molar-refractivity contribution in [2.24, 2.45) is 0 Å². The molecule has 0 radical (unpaired) electrons. The number of nitrogens with zero attached hydrogens (tertiary/aromatic N) is 2. The topological polar surface area (TPSA) is 51.8 Å². The van der Waals surface area contributed by atoms with Gasteiger partial charge >= 0.3 is 0 Å². The Balaban J connectivity index is 2.28. The monoisotopic (exact) mass is 327 g/mol. The van der Waals surface area contributed by atoms with E-state index in [2.05, 4.69) is 51.0 Å². The molecule has 4 heteroatoms. The van der Waals surface area contributed by atoms with E-state index < -0.39 is 0 Å². The molecule has 0 aliphatic heterocycles. The summed E-state index contributed by atoms with van der Waals surface area (Å²) in [6.07, 6.45) is 0.811. The molecule has 0 saturated carbocycles. The van der Waals surface area contributed by atoms with Crippen LogP contribution in [0, 0.1) is 0 Å². The molecule has 0 bridgehead atoms. The Bertz CT molecular complexity index is 779. The Labute approximate surface area is 126 Å². The first kappa shape index (κ1) is 13.1. The summed E-state index contributed by atoms with van der Waals surface area (Å²) in [4.78, 5) is 9.06. The normalized spacial score (nSPS) is 10.9. The third kappa shape index (κ3) is 2.16. The number of hydrogen-bond donors (Lipinski definition) is 1. The van der Waals surface area contributed by atoms with Gasteiger partial charge in [-0.2, -0.15) is 0 Å². The van der Waals surface area contributed by atoms with Gasteiger partial charge in [0, 0.05) is 5.56 Å². The molecule has 1 heterocycles. The first-order valence-corrected chi connectivity index (χ1v) is 7.30. The van der Waals surface area contributed by atoms with Crippen LogP contribution in [0.3, 0.4) is 0 Å². The maximum Gasteiger partial charge on any atom is 0.162 e. The average Bonchev–Trinajstić information content (AvgIpc) is 2.49. The number of halogens is 1. The summed E-state index contributed by atoms with van der Waals surface area (Å²) in [5.41, 5.74) is 7.92. The lowest BCUT2D eigenvalue weighted by Gasteiger charge is -2.09. The van der Waals surface area contributed by atoms with Crippen molar-refractivity contribution >= 4 is 32.5 Å². The molecule has 0 amide bonds. The molecular weight excluding hydrogens is 314 g/mol. The zero-order chi connectivity index (χ0) is 14.1. The van der Waals surface area contributed by atoms with Gasteiger partial charge in [-0.1, -0.05) is 49.4 Å². The molecule has 1 aromatic heterocycles. The third-order valence-electron chi connectivity index (χ3n) is 3.31. The van der Waals surface area contributed by atoms with Crippen LogP contribution in [0.25, 0.3) is 22.2 Å². The summed E-state index contributed by atoms with van der Waals surface area (Å²) in [7, 11) is 0. The van der Waals surface area contributed by atoms with Gasteiger partial charge in [-0.15, -0.1) is 0 Å². The van der Waals surface area contributed by atoms with Gasteiger partial charge in [-0.3, -0.25) is 0 Å². The Morgan fingerprint density at radius 1 is 1.05 bits per heavy atom. The second kappa shape index (κ2) is 5.21. The highest BCUT2D eigenvalue weighted by Crippen LogP contribution is 2.29. The minimum atomic E-state index is 0.486. The Kier molecular flexibility index (Phi) is 3.40. The lowest BCUT2D eigenvalue weighted by molar-refractivity contribution is 0.997. The van der Waals surface area contributed by atoms with Crippen LogP contribution >= 0.6 is 15.9 Å². The number of benzene rings is 2. The number of fused-ring (bicyclic) bond motifs is 1. The van der Waals surface area contributed by atoms with Gasteiger partial charge in [0.25, 0.3) is 0 Å². The third-order valence-corrected chi connectivity index (χ3v) is 4.17. The van der Waals surface area contributed by atoms with E-state index in [9.17, 15) is 0 Å².